The zero-order valence-corrected chi connectivity index (χ0v) is 14.4. The van der Waals surface area contributed by atoms with Crippen LogP contribution in [0.2, 0.25) is 5.15 Å². The van der Waals surface area contributed by atoms with Crippen LogP contribution < -0.4 is 5.32 Å². The van der Waals surface area contributed by atoms with Crippen molar-refractivity contribution in [3.63, 3.8) is 0 Å². The van der Waals surface area contributed by atoms with E-state index in [2.05, 4.69) is 20.3 Å². The first kappa shape index (κ1) is 16.9. The van der Waals surface area contributed by atoms with Gasteiger partial charge < -0.3 is 5.32 Å². The number of aromatic nitrogens is 3. The fourth-order valence-corrected chi connectivity index (χ4v) is 3.44. The molecule has 8 heteroatoms. The Morgan fingerprint density at radius 1 is 1.32 bits per heavy atom. The molecule has 0 spiro atoms. The number of nitrogens with one attached hydrogen (secondary N) is 1. The highest BCUT2D eigenvalue weighted by molar-refractivity contribution is 7.91. The molecule has 0 amide bonds. The van der Waals surface area contributed by atoms with Crippen LogP contribution in [0.1, 0.15) is 33.6 Å². The Labute approximate surface area is 135 Å². The summed E-state index contributed by atoms with van der Waals surface area (Å²) in [6.07, 6.45) is 2.85. The summed E-state index contributed by atoms with van der Waals surface area (Å²) in [6, 6.07) is 1.73. The summed E-state index contributed by atoms with van der Waals surface area (Å²) in [7, 11) is -3.48. The number of unbranched alkanes of at least 4 members (excludes halogenated alkanes) is 1. The number of sulfone groups is 1. The first-order valence-corrected chi connectivity index (χ1v) is 9.19. The molecule has 2 aromatic heterocycles. The third-order valence-corrected chi connectivity index (χ3v) is 4.76. The zero-order chi connectivity index (χ0) is 16.3. The molecule has 2 aromatic rings. The van der Waals surface area contributed by atoms with Crippen molar-refractivity contribution in [1.82, 2.24) is 15.0 Å². The average Bonchev–Trinajstić information content (AvgIpc) is 2.44. The monoisotopic (exact) mass is 342 g/mol. The Morgan fingerprint density at radius 3 is 2.68 bits per heavy atom. The van der Waals surface area contributed by atoms with E-state index in [1.54, 1.807) is 6.07 Å². The van der Waals surface area contributed by atoms with E-state index < -0.39 is 9.84 Å². The fourth-order valence-electron chi connectivity index (χ4n) is 1.94. The predicted octanol–water partition coefficient (Wildman–Crippen LogP) is 3.07. The van der Waals surface area contributed by atoms with Gasteiger partial charge in [0.15, 0.2) is 5.82 Å². The van der Waals surface area contributed by atoms with Crippen molar-refractivity contribution in [2.24, 2.45) is 0 Å². The molecule has 0 aliphatic rings. The van der Waals surface area contributed by atoms with Crippen molar-refractivity contribution in [3.05, 3.63) is 17.4 Å². The predicted molar refractivity (Wildman–Crippen MR) is 88.1 cm³/mol. The fraction of sp³-hybridized carbons (Fsp3) is 0.500. The van der Waals surface area contributed by atoms with Gasteiger partial charge >= 0.3 is 0 Å². The lowest BCUT2D eigenvalue weighted by molar-refractivity contribution is 0.584. The minimum absolute atomic E-state index is 0.0446. The smallest absolute Gasteiger partial charge is 0.247 e. The maximum absolute atomic E-state index is 12.2. The van der Waals surface area contributed by atoms with E-state index in [1.165, 1.54) is 6.20 Å². The first-order valence-electron chi connectivity index (χ1n) is 7.16. The highest BCUT2D eigenvalue weighted by atomic mass is 35.5. The number of nitrogens with zero attached hydrogens (tertiary/aromatic N) is 3. The van der Waals surface area contributed by atoms with E-state index in [0.717, 1.165) is 6.42 Å². The summed E-state index contributed by atoms with van der Waals surface area (Å²) in [5, 5.41) is 3.92. The highest BCUT2D eigenvalue weighted by Crippen LogP contribution is 2.24. The molecule has 0 saturated heterocycles. The van der Waals surface area contributed by atoms with Crippen molar-refractivity contribution in [1.29, 1.82) is 0 Å². The second-order valence-electron chi connectivity index (χ2n) is 5.36. The molecule has 120 valence electrons. The molecule has 0 bridgehead atoms. The summed E-state index contributed by atoms with van der Waals surface area (Å²) < 4.78 is 24.5. The number of hydrogen-bond acceptors (Lipinski definition) is 6. The van der Waals surface area contributed by atoms with Crippen LogP contribution in [-0.4, -0.2) is 35.2 Å². The molecule has 2 heterocycles. The summed E-state index contributed by atoms with van der Waals surface area (Å²) in [6.45, 7) is 5.84. The molecule has 0 atom stereocenters. The zero-order valence-electron chi connectivity index (χ0n) is 12.8. The molecule has 2 rings (SSSR count). The quantitative estimate of drug-likeness (QED) is 0.641. The second kappa shape index (κ2) is 6.75. The maximum Gasteiger partial charge on any atom is 0.247 e. The molecule has 22 heavy (non-hydrogen) atoms. The SMILES string of the molecule is CCCCS(=O)(=O)c1ncc2cc(Cl)nc(NC(C)C)c2n1. The molecule has 0 radical (unpaired) electrons. The van der Waals surface area contributed by atoms with Crippen molar-refractivity contribution in [3.8, 4) is 0 Å². The Hall–Kier alpha value is -1.47. The topological polar surface area (TPSA) is 84.8 Å². The van der Waals surface area contributed by atoms with Crippen molar-refractivity contribution in [2.75, 3.05) is 11.1 Å². The Bertz CT molecular complexity index is 778. The van der Waals surface area contributed by atoms with Crippen LogP contribution in [0.15, 0.2) is 17.4 Å². The van der Waals surface area contributed by atoms with Gasteiger partial charge in [-0.15, -0.1) is 0 Å². The van der Waals surface area contributed by atoms with Crippen LogP contribution in [0.4, 0.5) is 5.82 Å². The lowest BCUT2D eigenvalue weighted by Crippen LogP contribution is -2.14. The van der Waals surface area contributed by atoms with Gasteiger partial charge in [0.1, 0.15) is 10.7 Å². The second-order valence-corrected chi connectivity index (χ2v) is 7.75. The van der Waals surface area contributed by atoms with Crippen LogP contribution in [-0.2, 0) is 9.84 Å². The number of hydrogen-bond donors (Lipinski definition) is 1. The molecule has 0 aromatic carbocycles. The normalized spacial score (nSPS) is 12.0. The van der Waals surface area contributed by atoms with Crippen LogP contribution in [0.25, 0.3) is 10.9 Å². The Kier molecular flexibility index (Phi) is 5.18. The van der Waals surface area contributed by atoms with Gasteiger partial charge in [-0.05, 0) is 26.3 Å². The van der Waals surface area contributed by atoms with Gasteiger partial charge in [0, 0.05) is 17.6 Å². The van der Waals surface area contributed by atoms with E-state index in [0.29, 0.717) is 28.3 Å². The third-order valence-electron chi connectivity index (χ3n) is 2.98. The largest absolute Gasteiger partial charge is 0.366 e. The van der Waals surface area contributed by atoms with Gasteiger partial charge in [-0.2, -0.15) is 0 Å². The lowest BCUT2D eigenvalue weighted by Gasteiger charge is -2.12. The number of fused-ring (bicyclic) bond motifs is 1. The molecule has 1 N–H and O–H groups in total. The molecule has 0 fully saturated rings. The highest BCUT2D eigenvalue weighted by Gasteiger charge is 2.19. The molecule has 0 aliphatic carbocycles. The Morgan fingerprint density at radius 2 is 2.05 bits per heavy atom. The molecule has 6 nitrogen and oxygen atoms in total. The number of anilines is 1. The first-order chi connectivity index (χ1) is 10.3. The Balaban J connectivity index is 2.55. The van der Waals surface area contributed by atoms with E-state index in [4.69, 9.17) is 11.6 Å². The average molecular weight is 343 g/mol. The van der Waals surface area contributed by atoms with Crippen LogP contribution in [0.3, 0.4) is 0 Å². The van der Waals surface area contributed by atoms with Gasteiger partial charge in [-0.1, -0.05) is 24.9 Å². The van der Waals surface area contributed by atoms with Crippen LogP contribution in [0, 0.1) is 0 Å². The van der Waals surface area contributed by atoms with E-state index in [1.807, 2.05) is 20.8 Å². The number of halogens is 1. The molecular formula is C14H19ClN4O2S. The minimum atomic E-state index is -3.48. The van der Waals surface area contributed by atoms with Gasteiger partial charge in [-0.3, -0.25) is 0 Å². The third kappa shape index (κ3) is 3.84. The standard InChI is InChI=1S/C14H19ClN4O2S/c1-4-5-6-22(20,21)14-16-8-10-7-11(15)18-13(12(10)19-14)17-9(2)3/h7-9H,4-6H2,1-3H3,(H,17,18). The molecule has 0 aliphatic heterocycles. The van der Waals surface area contributed by atoms with Gasteiger partial charge in [0.05, 0.1) is 5.75 Å². The van der Waals surface area contributed by atoms with Crippen LogP contribution >= 0.6 is 11.6 Å². The number of pyridine rings is 1. The van der Waals surface area contributed by atoms with E-state index in [9.17, 15) is 8.42 Å². The van der Waals surface area contributed by atoms with Gasteiger partial charge in [0.2, 0.25) is 15.0 Å². The van der Waals surface area contributed by atoms with E-state index in [-0.39, 0.29) is 17.0 Å². The van der Waals surface area contributed by atoms with E-state index >= 15 is 0 Å². The van der Waals surface area contributed by atoms with Gasteiger partial charge in [0.25, 0.3) is 0 Å². The summed E-state index contributed by atoms with van der Waals surface area (Å²) in [4.78, 5) is 12.4. The van der Waals surface area contributed by atoms with Gasteiger partial charge in [-0.25, -0.2) is 23.4 Å². The lowest BCUT2D eigenvalue weighted by atomic mass is 10.3. The maximum atomic E-state index is 12.2. The summed E-state index contributed by atoms with van der Waals surface area (Å²) >= 11 is 5.98. The molecule has 0 saturated carbocycles. The number of rotatable bonds is 6. The summed E-state index contributed by atoms with van der Waals surface area (Å²) in [5.41, 5.74) is 0.461. The van der Waals surface area contributed by atoms with Crippen LogP contribution in [0.5, 0.6) is 0 Å². The van der Waals surface area contributed by atoms with Crippen molar-refractivity contribution < 1.29 is 8.42 Å². The molecular weight excluding hydrogens is 324 g/mol. The van der Waals surface area contributed by atoms with Crippen molar-refractivity contribution in [2.45, 2.75) is 44.8 Å². The molecule has 0 unspecified atom stereocenters. The minimum Gasteiger partial charge on any atom is -0.366 e. The summed E-state index contributed by atoms with van der Waals surface area (Å²) in [5.74, 6) is 0.509. The van der Waals surface area contributed by atoms with Crippen molar-refractivity contribution >= 4 is 38.2 Å².